The van der Waals surface area contributed by atoms with Crippen molar-refractivity contribution in [2.45, 2.75) is 32.6 Å². The summed E-state index contributed by atoms with van der Waals surface area (Å²) in [5.74, 6) is 0.124. The van der Waals surface area contributed by atoms with Crippen LogP contribution < -0.4 is 0 Å². The molecule has 2 nitrogen and oxygen atoms in total. The Hall–Kier alpha value is -3.13. The standard InChI is InChI=1S/C27H26O2/c1-18(2)22-8-5-9-24-23(17-26(25(24)16-22)27(28)29-3)15-12-19-10-13-20-6-4-7-21(20)14-11-19/h4-11,13-14,16-18H,12,15H2,1-3H3. The second-order valence-corrected chi connectivity index (χ2v) is 7.91. The lowest BCUT2D eigenvalue weighted by atomic mass is 10.0. The Bertz CT molecular complexity index is 1060. The highest BCUT2D eigenvalue weighted by atomic mass is 16.5. The minimum atomic E-state index is -0.271. The van der Waals surface area contributed by atoms with Gasteiger partial charge in [-0.1, -0.05) is 80.6 Å². The third-order valence-electron chi connectivity index (χ3n) is 5.70. The minimum absolute atomic E-state index is 0.271. The predicted octanol–water partition coefficient (Wildman–Crippen LogP) is 6.59. The van der Waals surface area contributed by atoms with Crippen LogP contribution in [0.2, 0.25) is 0 Å². The maximum atomic E-state index is 12.4. The Morgan fingerprint density at radius 3 is 2.17 bits per heavy atom. The number of hydrogen-bond acceptors (Lipinski definition) is 2. The summed E-state index contributed by atoms with van der Waals surface area (Å²) in [5, 5.41) is 0. The van der Waals surface area contributed by atoms with Crippen molar-refractivity contribution in [3.05, 3.63) is 95.1 Å². The number of fused-ring (bicyclic) bond motifs is 2. The zero-order valence-electron chi connectivity index (χ0n) is 17.2. The molecule has 0 amide bonds. The fourth-order valence-corrected chi connectivity index (χ4v) is 3.96. The SMILES string of the molecule is COC(=O)c1cc(CCc2ccc3cccc-3cc2)c2cccc(C(C)C)cc1-2. The largest absolute Gasteiger partial charge is 0.465 e. The van der Waals surface area contributed by atoms with Crippen molar-refractivity contribution in [3.8, 4) is 22.3 Å². The van der Waals surface area contributed by atoms with Gasteiger partial charge in [0.1, 0.15) is 0 Å². The van der Waals surface area contributed by atoms with Gasteiger partial charge in [0.25, 0.3) is 0 Å². The molecular weight excluding hydrogens is 356 g/mol. The van der Waals surface area contributed by atoms with E-state index in [0.717, 1.165) is 24.0 Å². The number of esters is 1. The first kappa shape index (κ1) is 19.2. The lowest BCUT2D eigenvalue weighted by Crippen LogP contribution is -2.00. The third-order valence-corrected chi connectivity index (χ3v) is 5.70. The predicted molar refractivity (Wildman–Crippen MR) is 119 cm³/mol. The van der Waals surface area contributed by atoms with Crippen LogP contribution in [0, 0.1) is 0 Å². The molecule has 0 saturated carbocycles. The molecule has 2 heteroatoms. The van der Waals surface area contributed by atoms with Crippen molar-refractivity contribution >= 4 is 5.97 Å². The molecule has 0 aromatic heterocycles. The Morgan fingerprint density at radius 2 is 1.52 bits per heavy atom. The van der Waals surface area contributed by atoms with E-state index in [9.17, 15) is 4.79 Å². The molecule has 0 N–H and O–H groups in total. The van der Waals surface area contributed by atoms with Crippen molar-refractivity contribution in [1.82, 2.24) is 0 Å². The lowest BCUT2D eigenvalue weighted by Gasteiger charge is -2.05. The van der Waals surface area contributed by atoms with E-state index >= 15 is 0 Å². The first-order valence-electron chi connectivity index (χ1n) is 10.2. The van der Waals surface area contributed by atoms with Gasteiger partial charge < -0.3 is 4.74 Å². The van der Waals surface area contributed by atoms with Gasteiger partial charge in [-0.2, -0.15) is 0 Å². The molecular formula is C27H26O2. The molecule has 29 heavy (non-hydrogen) atoms. The second kappa shape index (κ2) is 8.08. The van der Waals surface area contributed by atoms with Gasteiger partial charge in [0.05, 0.1) is 12.7 Å². The number of methoxy groups -OCH3 is 1. The fourth-order valence-electron chi connectivity index (χ4n) is 3.96. The molecule has 4 aliphatic rings. The van der Waals surface area contributed by atoms with Crippen LogP contribution >= 0.6 is 0 Å². The van der Waals surface area contributed by atoms with Crippen molar-refractivity contribution in [2.75, 3.05) is 7.11 Å². The van der Waals surface area contributed by atoms with Crippen LogP contribution in [0.4, 0.5) is 0 Å². The van der Waals surface area contributed by atoms with Crippen molar-refractivity contribution in [3.63, 3.8) is 0 Å². The van der Waals surface area contributed by atoms with Crippen LogP contribution in [0.25, 0.3) is 22.3 Å². The Balaban J connectivity index is 1.68. The normalized spacial score (nSPS) is 11.3. The minimum Gasteiger partial charge on any atom is -0.465 e. The van der Waals surface area contributed by atoms with Crippen LogP contribution in [0.3, 0.4) is 0 Å². The van der Waals surface area contributed by atoms with E-state index in [1.54, 1.807) is 0 Å². The number of carbonyl (C=O) groups excluding carboxylic acids is 1. The van der Waals surface area contributed by atoms with Gasteiger partial charge in [-0.3, -0.25) is 0 Å². The van der Waals surface area contributed by atoms with Gasteiger partial charge >= 0.3 is 5.97 Å². The Morgan fingerprint density at radius 1 is 0.828 bits per heavy atom. The zero-order valence-corrected chi connectivity index (χ0v) is 17.2. The number of ether oxygens (including phenoxy) is 1. The Kier molecular flexibility index (Phi) is 5.35. The summed E-state index contributed by atoms with van der Waals surface area (Å²) in [7, 11) is 1.45. The van der Waals surface area contributed by atoms with E-state index in [0.29, 0.717) is 11.5 Å². The monoisotopic (exact) mass is 382 g/mol. The molecule has 4 aliphatic carbocycles. The summed E-state index contributed by atoms with van der Waals surface area (Å²) >= 11 is 0. The number of hydrogen-bond donors (Lipinski definition) is 0. The highest BCUT2D eigenvalue weighted by Crippen LogP contribution is 2.35. The van der Waals surface area contributed by atoms with E-state index in [1.165, 1.54) is 34.9 Å². The summed E-state index contributed by atoms with van der Waals surface area (Å²) in [6.07, 6.45) is 1.80. The zero-order chi connectivity index (χ0) is 20.4. The van der Waals surface area contributed by atoms with Crippen LogP contribution in [0.5, 0.6) is 0 Å². The van der Waals surface area contributed by atoms with E-state index in [-0.39, 0.29) is 5.97 Å². The average molecular weight is 383 g/mol. The molecule has 0 aromatic rings. The molecule has 0 atom stereocenters. The smallest absolute Gasteiger partial charge is 0.338 e. The molecule has 0 spiro atoms. The number of rotatable bonds is 5. The van der Waals surface area contributed by atoms with E-state index in [1.807, 2.05) is 6.07 Å². The van der Waals surface area contributed by atoms with Gasteiger partial charge in [0.15, 0.2) is 0 Å². The summed E-state index contributed by atoms with van der Waals surface area (Å²) in [6.45, 7) is 4.34. The molecule has 0 radical (unpaired) electrons. The average Bonchev–Trinajstić information content (AvgIpc) is 3.16. The third kappa shape index (κ3) is 3.88. The van der Waals surface area contributed by atoms with Gasteiger partial charge in [-0.05, 0) is 63.8 Å². The lowest BCUT2D eigenvalue weighted by molar-refractivity contribution is 0.0602. The summed E-state index contributed by atoms with van der Waals surface area (Å²) < 4.78 is 5.06. The number of aryl methyl sites for hydroxylation is 2. The first-order valence-corrected chi connectivity index (χ1v) is 10.2. The molecule has 0 heterocycles. The second-order valence-electron chi connectivity index (χ2n) is 7.91. The highest BCUT2D eigenvalue weighted by Gasteiger charge is 2.21. The first-order chi connectivity index (χ1) is 14.1. The fraction of sp³-hybridized carbons (Fsp3) is 0.222. The van der Waals surface area contributed by atoms with E-state index < -0.39 is 0 Å². The van der Waals surface area contributed by atoms with Crippen molar-refractivity contribution < 1.29 is 9.53 Å². The maximum absolute atomic E-state index is 12.4. The van der Waals surface area contributed by atoms with Gasteiger partial charge in [-0.25, -0.2) is 4.79 Å². The Labute approximate surface area is 172 Å². The molecule has 4 rings (SSSR count). The van der Waals surface area contributed by atoms with Gasteiger partial charge in [0.2, 0.25) is 0 Å². The molecule has 0 aliphatic heterocycles. The van der Waals surface area contributed by atoms with Crippen LogP contribution in [0.1, 0.15) is 46.8 Å². The number of carbonyl (C=O) groups is 1. The highest BCUT2D eigenvalue weighted by molar-refractivity contribution is 6.00. The van der Waals surface area contributed by atoms with Crippen molar-refractivity contribution in [2.24, 2.45) is 0 Å². The molecule has 0 aromatic carbocycles. The van der Waals surface area contributed by atoms with E-state index in [2.05, 4.69) is 80.6 Å². The maximum Gasteiger partial charge on any atom is 0.338 e. The molecule has 0 unspecified atom stereocenters. The van der Waals surface area contributed by atoms with Gasteiger partial charge in [0, 0.05) is 0 Å². The molecule has 0 saturated heterocycles. The quantitative estimate of drug-likeness (QED) is 0.364. The van der Waals surface area contributed by atoms with Gasteiger partial charge in [-0.15, -0.1) is 0 Å². The van der Waals surface area contributed by atoms with Crippen LogP contribution in [0.15, 0.2) is 72.8 Å². The molecule has 146 valence electrons. The van der Waals surface area contributed by atoms with E-state index in [4.69, 9.17) is 4.74 Å². The summed E-state index contributed by atoms with van der Waals surface area (Å²) in [4.78, 5) is 12.4. The summed E-state index contributed by atoms with van der Waals surface area (Å²) in [6, 6.07) is 25.6. The van der Waals surface area contributed by atoms with Crippen LogP contribution in [-0.4, -0.2) is 13.1 Å². The molecule has 0 bridgehead atoms. The summed E-state index contributed by atoms with van der Waals surface area (Å²) in [5.41, 5.74) is 9.00. The topological polar surface area (TPSA) is 26.3 Å². The van der Waals surface area contributed by atoms with Crippen molar-refractivity contribution in [1.29, 1.82) is 0 Å². The molecule has 0 fully saturated rings. The van der Waals surface area contributed by atoms with Crippen LogP contribution in [-0.2, 0) is 17.6 Å².